The van der Waals surface area contributed by atoms with Gasteiger partial charge >= 0.3 is 40.0 Å². The normalized spacial score (nSPS) is 10.0. The molecule has 0 saturated heterocycles. The first-order valence-electron chi connectivity index (χ1n) is 6.67. The number of hydrogen-bond donors (Lipinski definition) is 2. The number of ether oxygens (including phenoxy) is 1. The average Bonchev–Trinajstić information content (AvgIpc) is 2.47. The minimum absolute atomic E-state index is 0. The van der Waals surface area contributed by atoms with Crippen LogP contribution < -0.4 is 34.3 Å². The predicted octanol–water partition coefficient (Wildman–Crippen LogP) is 0.698. The van der Waals surface area contributed by atoms with Gasteiger partial charge in [0.05, 0.1) is 6.61 Å². The van der Waals surface area contributed by atoms with E-state index in [2.05, 4.69) is 31.2 Å². The summed E-state index contributed by atoms with van der Waals surface area (Å²) in [5, 5.41) is 0. The van der Waals surface area contributed by atoms with Crippen molar-refractivity contribution in [3.8, 4) is 16.9 Å². The van der Waals surface area contributed by atoms with Crippen molar-refractivity contribution in [1.82, 2.24) is 0 Å². The molecule has 0 aliphatic carbocycles. The molecule has 23 heavy (non-hydrogen) atoms. The fourth-order valence-corrected chi connectivity index (χ4v) is 1.67. The Labute approximate surface area is 159 Å². The smallest absolute Gasteiger partial charge is 0.494 e. The van der Waals surface area contributed by atoms with Crippen LogP contribution in [0.5, 0.6) is 5.75 Å². The maximum absolute atomic E-state index is 8.74. The Kier molecular flexibility index (Phi) is 11.2. The van der Waals surface area contributed by atoms with Crippen LogP contribution in [0.25, 0.3) is 11.1 Å². The summed E-state index contributed by atoms with van der Waals surface area (Å²) >= 11 is 0. The van der Waals surface area contributed by atoms with Crippen molar-refractivity contribution in [1.29, 1.82) is 0 Å². The van der Waals surface area contributed by atoms with Gasteiger partial charge in [-0.25, -0.2) is 0 Å². The van der Waals surface area contributed by atoms with Crippen LogP contribution in [0, 0.1) is 6.92 Å². The van der Waals surface area contributed by atoms with Crippen LogP contribution >= 0.6 is 0 Å². The SMILES string of the molecule is O=S(=O)(O)O.[CH2-]CCCOc1ccc(-c2ccccc2)cc1.[Na+]. The van der Waals surface area contributed by atoms with Gasteiger partial charge in [-0.15, -0.1) is 0 Å². The zero-order valence-corrected chi connectivity index (χ0v) is 15.9. The molecule has 0 unspecified atom stereocenters. The maximum Gasteiger partial charge on any atom is 1.00 e. The molecule has 0 spiro atoms. The van der Waals surface area contributed by atoms with Gasteiger partial charge in [0.1, 0.15) is 5.75 Å². The quantitative estimate of drug-likeness (QED) is 0.360. The molecule has 0 radical (unpaired) electrons. The van der Waals surface area contributed by atoms with Crippen molar-refractivity contribution in [2.75, 3.05) is 6.61 Å². The molecule has 0 aliphatic heterocycles. The van der Waals surface area contributed by atoms with Gasteiger partial charge in [-0.05, 0) is 29.7 Å². The standard InChI is InChI=1S/C16H17O.Na.H2O4S/c1-2-3-13-17-16-11-9-15(10-12-16)14-7-5-4-6-8-14;;1-5(2,3)4/h4-12H,1-3,13H2;;(H2,1,2,3,4)/q-1;+1;. The van der Waals surface area contributed by atoms with Gasteiger partial charge in [0.15, 0.2) is 0 Å². The van der Waals surface area contributed by atoms with Crippen molar-refractivity contribution in [3.05, 3.63) is 61.5 Å². The maximum atomic E-state index is 8.74. The second kappa shape index (κ2) is 11.6. The van der Waals surface area contributed by atoms with E-state index in [-0.39, 0.29) is 29.6 Å². The molecule has 0 saturated carbocycles. The van der Waals surface area contributed by atoms with Crippen molar-refractivity contribution in [3.63, 3.8) is 0 Å². The third kappa shape index (κ3) is 11.3. The first-order chi connectivity index (χ1) is 10.4. The van der Waals surface area contributed by atoms with Crippen molar-refractivity contribution >= 4 is 10.4 Å². The second-order valence-corrected chi connectivity index (χ2v) is 5.29. The van der Waals surface area contributed by atoms with E-state index < -0.39 is 10.4 Å². The van der Waals surface area contributed by atoms with Gasteiger partial charge in [-0.2, -0.15) is 14.8 Å². The molecule has 0 amide bonds. The first kappa shape index (κ1) is 22.1. The molecule has 0 bridgehead atoms. The molecule has 0 fully saturated rings. The molecular formula is C16H19NaO5S. The number of hydrogen-bond acceptors (Lipinski definition) is 3. The Morgan fingerprint density at radius 1 is 0.913 bits per heavy atom. The first-order valence-corrected chi connectivity index (χ1v) is 8.07. The van der Waals surface area contributed by atoms with Gasteiger partial charge in [-0.1, -0.05) is 42.5 Å². The molecule has 0 heterocycles. The monoisotopic (exact) mass is 346 g/mol. The van der Waals surface area contributed by atoms with Crippen LogP contribution in [0.4, 0.5) is 0 Å². The van der Waals surface area contributed by atoms with Crippen molar-refractivity contribution in [2.45, 2.75) is 12.8 Å². The van der Waals surface area contributed by atoms with Crippen LogP contribution in [0.2, 0.25) is 0 Å². The van der Waals surface area contributed by atoms with Gasteiger partial charge in [0.2, 0.25) is 0 Å². The summed E-state index contributed by atoms with van der Waals surface area (Å²) in [6.45, 7) is 4.53. The van der Waals surface area contributed by atoms with E-state index in [0.717, 1.165) is 25.2 Å². The van der Waals surface area contributed by atoms with Crippen LogP contribution in [-0.4, -0.2) is 24.1 Å². The summed E-state index contributed by atoms with van der Waals surface area (Å²) in [6, 6.07) is 18.6. The molecule has 0 aliphatic rings. The summed E-state index contributed by atoms with van der Waals surface area (Å²) in [6.07, 6.45) is 1.92. The van der Waals surface area contributed by atoms with E-state index in [1.807, 2.05) is 30.3 Å². The molecule has 0 atom stereocenters. The Hall–Kier alpha value is -0.890. The van der Waals surface area contributed by atoms with Gasteiger partial charge in [0.25, 0.3) is 0 Å². The molecule has 120 valence electrons. The van der Waals surface area contributed by atoms with E-state index in [1.165, 1.54) is 11.1 Å². The third-order valence-electron chi connectivity index (χ3n) is 2.62. The Morgan fingerprint density at radius 3 is 1.87 bits per heavy atom. The fraction of sp³-hybridized carbons (Fsp3) is 0.188. The fourth-order valence-electron chi connectivity index (χ4n) is 1.67. The Morgan fingerprint density at radius 2 is 1.39 bits per heavy atom. The van der Waals surface area contributed by atoms with Gasteiger partial charge in [-0.3, -0.25) is 9.11 Å². The van der Waals surface area contributed by atoms with Crippen LogP contribution in [0.3, 0.4) is 0 Å². The molecule has 7 heteroatoms. The van der Waals surface area contributed by atoms with Crippen LogP contribution in [0.15, 0.2) is 54.6 Å². The summed E-state index contributed by atoms with van der Waals surface area (Å²) in [5.74, 6) is 0.929. The topological polar surface area (TPSA) is 83.8 Å². The molecule has 2 aromatic rings. The van der Waals surface area contributed by atoms with E-state index in [1.54, 1.807) is 0 Å². The minimum atomic E-state index is -4.67. The molecule has 2 aromatic carbocycles. The molecular weight excluding hydrogens is 327 g/mol. The van der Waals surface area contributed by atoms with Gasteiger partial charge < -0.3 is 11.7 Å². The largest absolute Gasteiger partial charge is 1.00 e. The minimum Gasteiger partial charge on any atom is -0.494 e. The van der Waals surface area contributed by atoms with Crippen molar-refractivity contribution < 1.29 is 51.8 Å². The summed E-state index contributed by atoms with van der Waals surface area (Å²) in [4.78, 5) is 0. The molecule has 5 nitrogen and oxygen atoms in total. The number of unbranched alkanes of at least 4 members (excludes halogenated alkanes) is 1. The zero-order chi connectivity index (χ0) is 16.4. The summed E-state index contributed by atoms with van der Waals surface area (Å²) in [7, 11) is -4.67. The Bertz CT molecular complexity index is 634. The van der Waals surface area contributed by atoms with Gasteiger partial charge in [0, 0.05) is 0 Å². The van der Waals surface area contributed by atoms with E-state index in [4.69, 9.17) is 22.3 Å². The third-order valence-corrected chi connectivity index (χ3v) is 2.62. The number of rotatable bonds is 5. The molecule has 0 aromatic heterocycles. The summed E-state index contributed by atoms with van der Waals surface area (Å²) in [5.41, 5.74) is 2.45. The van der Waals surface area contributed by atoms with Crippen LogP contribution in [-0.2, 0) is 10.4 Å². The van der Waals surface area contributed by atoms with E-state index in [0.29, 0.717) is 0 Å². The zero-order valence-electron chi connectivity index (χ0n) is 13.1. The van der Waals surface area contributed by atoms with E-state index >= 15 is 0 Å². The molecule has 2 rings (SSSR count). The van der Waals surface area contributed by atoms with Crippen LogP contribution in [0.1, 0.15) is 12.8 Å². The van der Waals surface area contributed by atoms with Crippen molar-refractivity contribution in [2.24, 2.45) is 0 Å². The number of benzene rings is 2. The average molecular weight is 346 g/mol. The Balaban J connectivity index is 0.000000709. The van der Waals surface area contributed by atoms with E-state index in [9.17, 15) is 0 Å². The summed E-state index contributed by atoms with van der Waals surface area (Å²) < 4.78 is 37.2. The second-order valence-electron chi connectivity index (χ2n) is 4.39. The molecule has 2 N–H and O–H groups in total. The predicted molar refractivity (Wildman–Crippen MR) is 86.1 cm³/mol.